The van der Waals surface area contributed by atoms with E-state index in [1.54, 1.807) is 42.3 Å². The van der Waals surface area contributed by atoms with E-state index in [4.69, 9.17) is 31.5 Å². The van der Waals surface area contributed by atoms with Crippen LogP contribution in [0.2, 0.25) is 0 Å². The molecule has 1 aliphatic heterocycles. The number of halogens is 1. The van der Waals surface area contributed by atoms with Crippen LogP contribution in [0.5, 0.6) is 17.2 Å². The largest absolute Gasteiger partial charge is 0.493 e. The second kappa shape index (κ2) is 8.95. The number of nitrogen functional groups attached to an aromatic ring is 1. The molecule has 2 heterocycles. The van der Waals surface area contributed by atoms with Crippen LogP contribution in [0.4, 0.5) is 11.4 Å². The molecule has 4 aromatic rings. The number of hydrogen-bond donors (Lipinski definition) is 2. The number of hydrogen-bond acceptors (Lipinski definition) is 6. The van der Waals surface area contributed by atoms with Gasteiger partial charge in [-0.25, -0.2) is 0 Å². The first-order valence-electron chi connectivity index (χ1n) is 11.4. The molecule has 0 fully saturated rings. The molecule has 1 amide bonds. The van der Waals surface area contributed by atoms with Gasteiger partial charge in [0.1, 0.15) is 5.69 Å². The van der Waals surface area contributed by atoms with Crippen LogP contribution >= 0.6 is 11.6 Å². The van der Waals surface area contributed by atoms with E-state index in [1.165, 1.54) is 21.1 Å². The fourth-order valence-corrected chi connectivity index (χ4v) is 5.32. The van der Waals surface area contributed by atoms with Crippen molar-refractivity contribution in [1.82, 2.24) is 4.98 Å². The summed E-state index contributed by atoms with van der Waals surface area (Å²) in [6, 6.07) is 10.8. The van der Waals surface area contributed by atoms with Gasteiger partial charge in [0.05, 0.1) is 32.5 Å². The zero-order valence-corrected chi connectivity index (χ0v) is 21.2. The quantitative estimate of drug-likeness (QED) is 0.213. The van der Waals surface area contributed by atoms with Crippen LogP contribution in [0.3, 0.4) is 0 Å². The van der Waals surface area contributed by atoms with Gasteiger partial charge in [0.15, 0.2) is 17.3 Å². The van der Waals surface area contributed by atoms with Gasteiger partial charge >= 0.3 is 0 Å². The highest BCUT2D eigenvalue weighted by Gasteiger charge is 2.35. The fraction of sp³-hybridized carbons (Fsp3) is 0.259. The molecule has 3 aromatic carbocycles. The number of alkyl halides is 1. The molecular formula is C27H26ClN3O5. The zero-order valence-electron chi connectivity index (χ0n) is 20.4. The number of benzene rings is 3. The molecule has 36 heavy (non-hydrogen) atoms. The third-order valence-corrected chi connectivity index (χ3v) is 7.15. The summed E-state index contributed by atoms with van der Waals surface area (Å²) in [6.07, 6.45) is 0. The zero-order chi connectivity index (χ0) is 25.7. The van der Waals surface area contributed by atoms with Crippen LogP contribution in [0.25, 0.3) is 21.7 Å². The summed E-state index contributed by atoms with van der Waals surface area (Å²) < 4.78 is 16.5. The number of amides is 1. The van der Waals surface area contributed by atoms with Crippen molar-refractivity contribution >= 4 is 56.3 Å². The monoisotopic (exact) mass is 507 g/mol. The molecule has 0 saturated carbocycles. The minimum absolute atomic E-state index is 0.0370. The molecule has 3 N–H and O–H groups in total. The van der Waals surface area contributed by atoms with E-state index < -0.39 is 0 Å². The number of nitrogens with one attached hydrogen (secondary N) is 1. The normalized spacial score (nSPS) is 14.8. The first-order valence-corrected chi connectivity index (χ1v) is 11.9. The van der Waals surface area contributed by atoms with Crippen LogP contribution in [0.1, 0.15) is 39.3 Å². The Labute approximate surface area is 212 Å². The van der Waals surface area contributed by atoms with Crippen LogP contribution in [-0.4, -0.2) is 50.4 Å². The van der Waals surface area contributed by atoms with Gasteiger partial charge in [0, 0.05) is 40.4 Å². The molecule has 8 nitrogen and oxygen atoms in total. The molecule has 0 bridgehead atoms. The molecule has 1 unspecified atom stereocenters. The second-order valence-corrected chi connectivity index (χ2v) is 9.08. The maximum absolute atomic E-state index is 13.8. The van der Waals surface area contributed by atoms with E-state index >= 15 is 0 Å². The maximum Gasteiger partial charge on any atom is 0.274 e. The number of ketones is 1. The number of aromatic amines is 1. The Bertz CT molecular complexity index is 1540. The topological polar surface area (TPSA) is 107 Å². The van der Waals surface area contributed by atoms with Crippen molar-refractivity contribution in [2.75, 3.05) is 44.4 Å². The number of aromatic nitrogens is 1. The molecule has 0 aliphatic carbocycles. The van der Waals surface area contributed by atoms with Gasteiger partial charge in [-0.2, -0.15) is 0 Å². The Morgan fingerprint density at radius 3 is 2.44 bits per heavy atom. The summed E-state index contributed by atoms with van der Waals surface area (Å²) >= 11 is 6.37. The minimum Gasteiger partial charge on any atom is -0.493 e. The van der Waals surface area contributed by atoms with Gasteiger partial charge in [-0.1, -0.05) is 12.1 Å². The van der Waals surface area contributed by atoms with Crippen molar-refractivity contribution < 1.29 is 23.8 Å². The number of carbonyl (C=O) groups excluding carboxylic acids is 2. The molecular weight excluding hydrogens is 482 g/mol. The molecule has 1 aromatic heterocycles. The molecule has 0 saturated heterocycles. The lowest BCUT2D eigenvalue weighted by atomic mass is 9.93. The lowest BCUT2D eigenvalue weighted by Crippen LogP contribution is -2.30. The minimum atomic E-state index is -0.223. The summed E-state index contributed by atoms with van der Waals surface area (Å²) in [4.78, 5) is 30.6. The highest BCUT2D eigenvalue weighted by Crippen LogP contribution is 2.46. The van der Waals surface area contributed by atoms with Crippen molar-refractivity contribution in [3.8, 4) is 17.2 Å². The number of ether oxygens (including phenoxy) is 3. The molecule has 1 aliphatic rings. The Morgan fingerprint density at radius 2 is 1.81 bits per heavy atom. The van der Waals surface area contributed by atoms with Crippen LogP contribution in [0, 0.1) is 0 Å². The van der Waals surface area contributed by atoms with Gasteiger partial charge in [0.2, 0.25) is 5.75 Å². The van der Waals surface area contributed by atoms with Gasteiger partial charge in [-0.15, -0.1) is 11.6 Å². The predicted molar refractivity (Wildman–Crippen MR) is 141 cm³/mol. The van der Waals surface area contributed by atoms with Crippen LogP contribution in [0.15, 0.2) is 36.4 Å². The molecule has 5 rings (SSSR count). The Balaban J connectivity index is 1.64. The summed E-state index contributed by atoms with van der Waals surface area (Å²) in [5.41, 5.74) is 10.2. The van der Waals surface area contributed by atoms with E-state index in [-0.39, 0.29) is 17.6 Å². The smallest absolute Gasteiger partial charge is 0.274 e. The average molecular weight is 508 g/mol. The Morgan fingerprint density at radius 1 is 1.06 bits per heavy atom. The number of methoxy groups -OCH3 is 3. The molecule has 186 valence electrons. The number of nitrogens with two attached hydrogens (primary N) is 1. The summed E-state index contributed by atoms with van der Waals surface area (Å²) in [6.45, 7) is 1.93. The van der Waals surface area contributed by atoms with Crippen LogP contribution in [-0.2, 0) is 0 Å². The number of H-pyrrole nitrogens is 1. The van der Waals surface area contributed by atoms with Crippen molar-refractivity contribution in [2.24, 2.45) is 0 Å². The van der Waals surface area contributed by atoms with E-state index in [2.05, 4.69) is 4.98 Å². The van der Waals surface area contributed by atoms with E-state index in [1.807, 2.05) is 6.07 Å². The molecule has 1 atom stereocenters. The molecule has 0 spiro atoms. The second-order valence-electron chi connectivity index (χ2n) is 8.77. The number of nitrogens with zero attached hydrogens (tertiary/aromatic N) is 1. The van der Waals surface area contributed by atoms with Gasteiger partial charge in [0.25, 0.3) is 5.91 Å². The number of Topliss-reactive ketones (excluding diaryl/α,β-unsaturated/α-hetero) is 1. The Hall–Kier alpha value is -3.91. The van der Waals surface area contributed by atoms with Crippen molar-refractivity contribution in [3.05, 3.63) is 53.2 Å². The number of carbonyl (C=O) groups is 2. The average Bonchev–Trinajstić information content (AvgIpc) is 3.48. The highest BCUT2D eigenvalue weighted by molar-refractivity contribution is 6.19. The third-order valence-electron chi connectivity index (χ3n) is 6.78. The Kier molecular flexibility index (Phi) is 5.92. The molecule has 9 heteroatoms. The SMILES string of the molecule is COc1cc2cc(C(=O)N3CC(CCl)c4c3cc(N)c3cc(C(C)=O)ccc43)[nH]c2c(OC)c1OC. The van der Waals surface area contributed by atoms with Crippen LogP contribution < -0.4 is 24.8 Å². The maximum atomic E-state index is 13.8. The highest BCUT2D eigenvalue weighted by atomic mass is 35.5. The van der Waals surface area contributed by atoms with Gasteiger partial charge in [-0.05, 0) is 42.1 Å². The predicted octanol–water partition coefficient (Wildman–Crippen LogP) is 5.11. The number of anilines is 2. The van der Waals surface area contributed by atoms with Crippen molar-refractivity contribution in [2.45, 2.75) is 12.8 Å². The molecule has 0 radical (unpaired) electrons. The lowest BCUT2D eigenvalue weighted by Gasteiger charge is -2.18. The van der Waals surface area contributed by atoms with Crippen molar-refractivity contribution in [1.29, 1.82) is 0 Å². The lowest BCUT2D eigenvalue weighted by molar-refractivity contribution is 0.0982. The van der Waals surface area contributed by atoms with E-state index in [0.717, 1.165) is 21.7 Å². The standard InChI is InChI=1S/C27H26ClN3O5/c1-13(32)14-5-6-17-18(7-14)19(29)10-21-23(17)16(11-28)12-31(21)27(33)20-8-15-9-22(34-2)25(35-3)26(36-4)24(15)30-20/h5-10,16,30H,11-12,29H2,1-4H3. The fourth-order valence-electron chi connectivity index (χ4n) is 5.06. The van der Waals surface area contributed by atoms with E-state index in [9.17, 15) is 9.59 Å². The van der Waals surface area contributed by atoms with Crippen molar-refractivity contribution in [3.63, 3.8) is 0 Å². The summed E-state index contributed by atoms with van der Waals surface area (Å²) in [7, 11) is 4.61. The number of rotatable bonds is 6. The van der Waals surface area contributed by atoms with Gasteiger partial charge in [-0.3, -0.25) is 9.59 Å². The number of fused-ring (bicyclic) bond motifs is 4. The first-order chi connectivity index (χ1) is 17.3. The summed E-state index contributed by atoms with van der Waals surface area (Å²) in [5, 5.41) is 2.42. The van der Waals surface area contributed by atoms with E-state index in [0.29, 0.717) is 57.8 Å². The summed E-state index contributed by atoms with van der Waals surface area (Å²) in [5.74, 6) is 1.37. The first kappa shape index (κ1) is 23.8. The third kappa shape index (κ3) is 3.52. The van der Waals surface area contributed by atoms with Gasteiger partial charge < -0.3 is 29.8 Å².